The maximum atomic E-state index is 2.69. The summed E-state index contributed by atoms with van der Waals surface area (Å²) in [7, 11) is 0. The Bertz CT molecular complexity index is 346. The first-order valence-corrected chi connectivity index (χ1v) is 8.64. The second-order valence-corrected chi connectivity index (χ2v) is 6.41. The smallest absolute Gasteiger partial charge is 0.00133 e. The molecule has 1 nitrogen and oxygen atoms in total. The molecule has 1 aliphatic heterocycles. The summed E-state index contributed by atoms with van der Waals surface area (Å²) in [4.78, 5) is 2.69. The van der Waals surface area contributed by atoms with Crippen LogP contribution in [0.5, 0.6) is 0 Å². The summed E-state index contributed by atoms with van der Waals surface area (Å²) in [6.07, 6.45) is 11.2. The van der Waals surface area contributed by atoms with Gasteiger partial charge in [-0.1, -0.05) is 69.4 Å². The van der Waals surface area contributed by atoms with Crippen molar-refractivity contribution in [3.63, 3.8) is 0 Å². The van der Waals surface area contributed by atoms with Crippen molar-refractivity contribution < 1.29 is 0 Å². The average Bonchev–Trinajstić information content (AvgIpc) is 2.91. The molecule has 1 heterocycles. The third kappa shape index (κ3) is 5.66. The van der Waals surface area contributed by atoms with Gasteiger partial charge in [-0.2, -0.15) is 0 Å². The number of rotatable bonds is 9. The molecule has 0 radical (unpaired) electrons. The highest BCUT2D eigenvalue weighted by atomic mass is 15.1. The first-order valence-electron chi connectivity index (χ1n) is 8.64. The Hall–Kier alpha value is -0.820. The lowest BCUT2D eigenvalue weighted by atomic mass is 9.99. The number of nitrogens with zero attached hydrogens (tertiary/aromatic N) is 1. The van der Waals surface area contributed by atoms with Gasteiger partial charge in [-0.05, 0) is 43.8 Å². The topological polar surface area (TPSA) is 3.24 Å². The van der Waals surface area contributed by atoms with Crippen LogP contribution in [-0.4, -0.2) is 24.5 Å². The van der Waals surface area contributed by atoms with E-state index >= 15 is 0 Å². The Morgan fingerprint density at radius 1 is 1.00 bits per heavy atom. The minimum atomic E-state index is 0.887. The molecule has 112 valence electrons. The highest BCUT2D eigenvalue weighted by Crippen LogP contribution is 2.21. The maximum Gasteiger partial charge on any atom is 0.00133 e. The molecule has 0 aliphatic carbocycles. The Balaban J connectivity index is 1.56. The zero-order chi connectivity index (χ0) is 14.0. The molecule has 0 unspecified atom stereocenters. The van der Waals surface area contributed by atoms with E-state index in [0.717, 1.165) is 5.92 Å². The van der Waals surface area contributed by atoms with E-state index < -0.39 is 0 Å². The lowest BCUT2D eigenvalue weighted by molar-refractivity contribution is 0.314. The average molecular weight is 273 g/mol. The maximum absolute atomic E-state index is 2.69. The van der Waals surface area contributed by atoms with Crippen LogP contribution in [0.3, 0.4) is 0 Å². The third-order valence-electron chi connectivity index (χ3n) is 4.57. The van der Waals surface area contributed by atoms with Crippen LogP contribution in [0.4, 0.5) is 0 Å². The van der Waals surface area contributed by atoms with Crippen molar-refractivity contribution in [2.45, 2.75) is 58.3 Å². The summed E-state index contributed by atoms with van der Waals surface area (Å²) in [6, 6.07) is 11.0. The molecule has 0 aromatic heterocycles. The first-order chi connectivity index (χ1) is 9.88. The van der Waals surface area contributed by atoms with E-state index in [-0.39, 0.29) is 0 Å². The van der Waals surface area contributed by atoms with Crippen LogP contribution in [0.15, 0.2) is 30.3 Å². The zero-order valence-electron chi connectivity index (χ0n) is 13.2. The monoisotopic (exact) mass is 273 g/mol. The fourth-order valence-electron chi connectivity index (χ4n) is 3.35. The van der Waals surface area contributed by atoms with E-state index in [0.29, 0.717) is 0 Å². The van der Waals surface area contributed by atoms with Crippen molar-refractivity contribution in [3.8, 4) is 0 Å². The quantitative estimate of drug-likeness (QED) is 0.578. The highest BCUT2D eigenvalue weighted by Gasteiger charge is 2.21. The van der Waals surface area contributed by atoms with Crippen molar-refractivity contribution in [2.75, 3.05) is 19.6 Å². The predicted octanol–water partition coefficient (Wildman–Crippen LogP) is 4.91. The van der Waals surface area contributed by atoms with Gasteiger partial charge in [0.05, 0.1) is 0 Å². The second-order valence-electron chi connectivity index (χ2n) is 6.41. The Morgan fingerprint density at radius 2 is 1.75 bits per heavy atom. The summed E-state index contributed by atoms with van der Waals surface area (Å²) in [6.45, 7) is 6.27. The standard InChI is InChI=1S/C19H31N/c1-2-3-4-5-6-10-14-20-15-13-19(17-20)16-18-11-8-7-9-12-18/h7-9,11-12,19H,2-6,10,13-17H2,1H3/t19-/m1/s1. The van der Waals surface area contributed by atoms with Crippen molar-refractivity contribution in [1.29, 1.82) is 0 Å². The predicted molar refractivity (Wildman–Crippen MR) is 88.1 cm³/mol. The molecular formula is C19H31N. The minimum absolute atomic E-state index is 0.887. The minimum Gasteiger partial charge on any atom is -0.303 e. The van der Waals surface area contributed by atoms with Gasteiger partial charge in [-0.25, -0.2) is 0 Å². The lowest BCUT2D eigenvalue weighted by Crippen LogP contribution is -2.22. The molecule has 1 aliphatic rings. The normalized spacial score (nSPS) is 19.6. The molecule has 1 aromatic carbocycles. The molecule has 1 aromatic rings. The fourth-order valence-corrected chi connectivity index (χ4v) is 3.35. The van der Waals surface area contributed by atoms with Gasteiger partial charge in [-0.15, -0.1) is 0 Å². The van der Waals surface area contributed by atoms with Gasteiger partial charge in [0.25, 0.3) is 0 Å². The molecule has 0 amide bonds. The largest absolute Gasteiger partial charge is 0.303 e. The van der Waals surface area contributed by atoms with E-state index in [9.17, 15) is 0 Å². The van der Waals surface area contributed by atoms with E-state index in [2.05, 4.69) is 42.2 Å². The first kappa shape index (κ1) is 15.6. The Kier molecular flexibility index (Phi) is 7.14. The lowest BCUT2D eigenvalue weighted by Gasteiger charge is -2.16. The number of benzene rings is 1. The van der Waals surface area contributed by atoms with E-state index in [4.69, 9.17) is 0 Å². The van der Waals surface area contributed by atoms with Gasteiger partial charge in [0.2, 0.25) is 0 Å². The number of likely N-dealkylation sites (tertiary alicyclic amines) is 1. The second kappa shape index (κ2) is 9.18. The van der Waals surface area contributed by atoms with E-state index in [1.807, 2.05) is 0 Å². The van der Waals surface area contributed by atoms with Gasteiger partial charge < -0.3 is 4.90 Å². The third-order valence-corrected chi connectivity index (χ3v) is 4.57. The van der Waals surface area contributed by atoms with E-state index in [1.54, 1.807) is 0 Å². The summed E-state index contributed by atoms with van der Waals surface area (Å²) in [5.74, 6) is 0.887. The van der Waals surface area contributed by atoms with Crippen molar-refractivity contribution in [2.24, 2.45) is 5.92 Å². The summed E-state index contributed by atoms with van der Waals surface area (Å²) < 4.78 is 0. The van der Waals surface area contributed by atoms with Crippen LogP contribution in [0.1, 0.15) is 57.4 Å². The van der Waals surface area contributed by atoms with Gasteiger partial charge in [0.1, 0.15) is 0 Å². The Morgan fingerprint density at radius 3 is 2.55 bits per heavy atom. The van der Waals surface area contributed by atoms with Crippen molar-refractivity contribution >= 4 is 0 Å². The van der Waals surface area contributed by atoms with Crippen LogP contribution < -0.4 is 0 Å². The number of hydrogen-bond donors (Lipinski definition) is 0. The summed E-state index contributed by atoms with van der Waals surface area (Å²) in [5, 5.41) is 0. The van der Waals surface area contributed by atoms with Crippen LogP contribution in [-0.2, 0) is 6.42 Å². The molecule has 1 heteroatoms. The van der Waals surface area contributed by atoms with Crippen LogP contribution in [0.2, 0.25) is 0 Å². The van der Waals surface area contributed by atoms with Crippen LogP contribution in [0, 0.1) is 5.92 Å². The van der Waals surface area contributed by atoms with Crippen molar-refractivity contribution in [1.82, 2.24) is 4.90 Å². The highest BCUT2D eigenvalue weighted by molar-refractivity contribution is 5.15. The SMILES string of the molecule is CCCCCCCCN1CC[C@H](Cc2ccccc2)C1. The van der Waals surface area contributed by atoms with Gasteiger partial charge >= 0.3 is 0 Å². The van der Waals surface area contributed by atoms with Crippen molar-refractivity contribution in [3.05, 3.63) is 35.9 Å². The summed E-state index contributed by atoms with van der Waals surface area (Å²) in [5.41, 5.74) is 1.51. The Labute approximate surface area is 125 Å². The van der Waals surface area contributed by atoms with Gasteiger partial charge in [-0.3, -0.25) is 0 Å². The zero-order valence-corrected chi connectivity index (χ0v) is 13.2. The molecule has 0 spiro atoms. The molecule has 20 heavy (non-hydrogen) atoms. The summed E-state index contributed by atoms with van der Waals surface area (Å²) >= 11 is 0. The van der Waals surface area contributed by atoms with E-state index in [1.165, 1.54) is 76.6 Å². The molecular weight excluding hydrogens is 242 g/mol. The molecule has 0 N–H and O–H groups in total. The molecule has 1 saturated heterocycles. The molecule has 0 bridgehead atoms. The fraction of sp³-hybridized carbons (Fsp3) is 0.684. The van der Waals surface area contributed by atoms with Gasteiger partial charge in [0.15, 0.2) is 0 Å². The molecule has 1 atom stereocenters. The molecule has 2 rings (SSSR count). The molecule has 0 saturated carbocycles. The number of hydrogen-bond acceptors (Lipinski definition) is 1. The van der Waals surface area contributed by atoms with Crippen LogP contribution >= 0.6 is 0 Å². The molecule has 1 fully saturated rings. The van der Waals surface area contributed by atoms with Gasteiger partial charge in [0, 0.05) is 6.54 Å². The number of unbranched alkanes of at least 4 members (excludes halogenated alkanes) is 5. The van der Waals surface area contributed by atoms with Crippen LogP contribution in [0.25, 0.3) is 0 Å².